The highest BCUT2D eigenvalue weighted by molar-refractivity contribution is 5.88. The summed E-state index contributed by atoms with van der Waals surface area (Å²) in [6.07, 6.45) is 2.18. The molecule has 2 heterocycles. The summed E-state index contributed by atoms with van der Waals surface area (Å²) in [6, 6.07) is 7.31. The van der Waals surface area contributed by atoms with E-state index in [1.807, 2.05) is 14.1 Å². The number of methoxy groups -OCH3 is 1. The van der Waals surface area contributed by atoms with Crippen molar-refractivity contribution >= 4 is 22.6 Å². The number of likely N-dealkylation sites (tertiary alicyclic amines) is 1. The predicted octanol–water partition coefficient (Wildman–Crippen LogP) is 6.32. The van der Waals surface area contributed by atoms with Crippen LogP contribution in [0.4, 0.5) is 23.2 Å². The van der Waals surface area contributed by atoms with Gasteiger partial charge in [0.2, 0.25) is 0 Å². The normalized spacial score (nSPS) is 16.2. The number of hydrogen-bond acceptors (Lipinski definition) is 5. The number of aryl methyl sites for hydroxylation is 1. The maximum atomic E-state index is 16.0. The predicted molar refractivity (Wildman–Crippen MR) is 146 cm³/mol. The molecule has 1 aliphatic heterocycles. The first-order valence-corrected chi connectivity index (χ1v) is 13.4. The van der Waals surface area contributed by atoms with Crippen molar-refractivity contribution in [3.8, 4) is 5.75 Å². The smallest absolute Gasteiger partial charge is 0.309 e. The van der Waals surface area contributed by atoms with Crippen molar-refractivity contribution in [2.75, 3.05) is 45.7 Å². The first-order chi connectivity index (χ1) is 19.0. The van der Waals surface area contributed by atoms with Crippen LogP contribution in [-0.4, -0.2) is 61.8 Å². The van der Waals surface area contributed by atoms with Gasteiger partial charge in [-0.1, -0.05) is 0 Å². The largest absolute Gasteiger partial charge is 0.497 e. The molecule has 0 saturated carbocycles. The van der Waals surface area contributed by atoms with E-state index in [0.29, 0.717) is 78.8 Å². The molecule has 216 valence electrons. The second kappa shape index (κ2) is 12.4. The van der Waals surface area contributed by atoms with Crippen LogP contribution in [-0.2, 0) is 11.2 Å². The number of benzene rings is 2. The molecule has 0 bridgehead atoms. The molecule has 1 aliphatic rings. The van der Waals surface area contributed by atoms with Crippen LogP contribution in [0.3, 0.4) is 0 Å². The minimum absolute atomic E-state index is 0.0468. The number of piperidine rings is 1. The maximum Gasteiger partial charge on any atom is 0.309 e. The summed E-state index contributed by atoms with van der Waals surface area (Å²) in [6.45, 7) is 1.65. The maximum absolute atomic E-state index is 16.0. The first kappa shape index (κ1) is 29.6. The van der Waals surface area contributed by atoms with Crippen molar-refractivity contribution in [1.29, 1.82) is 0 Å². The zero-order chi connectivity index (χ0) is 29.0. The molecule has 3 aromatic rings. The zero-order valence-corrected chi connectivity index (χ0v) is 23.0. The van der Waals surface area contributed by atoms with E-state index in [9.17, 15) is 23.1 Å². The minimum Gasteiger partial charge on any atom is -0.497 e. The molecule has 1 N–H and O–H groups in total. The summed E-state index contributed by atoms with van der Waals surface area (Å²) in [5, 5.41) is 10.8. The third kappa shape index (κ3) is 6.32. The van der Waals surface area contributed by atoms with Crippen LogP contribution in [0.25, 0.3) is 10.9 Å². The third-order valence-corrected chi connectivity index (χ3v) is 8.02. The molecule has 0 radical (unpaired) electrons. The zero-order valence-electron chi connectivity index (χ0n) is 23.0. The average Bonchev–Trinajstić information content (AvgIpc) is 2.94. The van der Waals surface area contributed by atoms with E-state index in [4.69, 9.17) is 4.74 Å². The monoisotopic (exact) mass is 561 g/mol. The van der Waals surface area contributed by atoms with Gasteiger partial charge in [0.25, 0.3) is 0 Å². The van der Waals surface area contributed by atoms with Crippen LogP contribution >= 0.6 is 0 Å². The summed E-state index contributed by atoms with van der Waals surface area (Å²) in [5.41, 5.74) is 1.08. The molecule has 0 spiro atoms. The lowest BCUT2D eigenvalue weighted by Crippen LogP contribution is -2.44. The number of carboxylic acid groups (broad SMARTS) is 1. The van der Waals surface area contributed by atoms with Gasteiger partial charge in [0.1, 0.15) is 11.9 Å². The highest BCUT2D eigenvalue weighted by Crippen LogP contribution is 2.43. The number of nitrogens with zero attached hydrogens (tertiary/aromatic N) is 3. The number of fused-ring (bicyclic) bond motifs is 1. The summed E-state index contributed by atoms with van der Waals surface area (Å²) < 4.78 is 61.5. The van der Waals surface area contributed by atoms with Gasteiger partial charge in [0, 0.05) is 25.0 Å². The van der Waals surface area contributed by atoms with E-state index in [-0.39, 0.29) is 12.8 Å². The number of alkyl halides is 1. The highest BCUT2D eigenvalue weighted by atomic mass is 19.2. The molecule has 1 aromatic heterocycles. The quantitative estimate of drug-likeness (QED) is 0.218. The molecule has 0 unspecified atom stereocenters. The second-order valence-electron chi connectivity index (χ2n) is 10.7. The van der Waals surface area contributed by atoms with Gasteiger partial charge >= 0.3 is 5.97 Å². The number of rotatable bonds is 11. The first-order valence-electron chi connectivity index (χ1n) is 13.4. The van der Waals surface area contributed by atoms with E-state index < -0.39 is 35.0 Å². The molecule has 40 heavy (non-hydrogen) atoms. The van der Waals surface area contributed by atoms with Gasteiger partial charge in [0.05, 0.1) is 29.9 Å². The Bertz CT molecular complexity index is 1340. The number of halogens is 4. The van der Waals surface area contributed by atoms with Crippen LogP contribution in [0.1, 0.15) is 49.4 Å². The Morgan fingerprint density at radius 3 is 2.42 bits per heavy atom. The van der Waals surface area contributed by atoms with Crippen LogP contribution in [0.2, 0.25) is 0 Å². The molecule has 1 atom stereocenters. The lowest BCUT2D eigenvalue weighted by molar-refractivity contribution is -0.153. The van der Waals surface area contributed by atoms with E-state index in [1.54, 1.807) is 36.4 Å². The topological polar surface area (TPSA) is 65.9 Å². The molecule has 0 aliphatic carbocycles. The SMILES string of the molecule is COc1ccc2ncc(N(C)C)c([C@H](F)CCC3(C(=O)O)CCN(CCCc4cc(F)c(F)c(F)c4)CC3)c2c1. The van der Waals surface area contributed by atoms with Gasteiger partial charge in [-0.2, -0.15) is 0 Å². The van der Waals surface area contributed by atoms with Gasteiger partial charge < -0.3 is 19.6 Å². The van der Waals surface area contributed by atoms with Crippen LogP contribution < -0.4 is 9.64 Å². The number of aliphatic carboxylic acids is 1. The fourth-order valence-electron chi connectivity index (χ4n) is 5.58. The van der Waals surface area contributed by atoms with Crippen molar-refractivity contribution in [1.82, 2.24) is 9.88 Å². The lowest BCUT2D eigenvalue weighted by Gasteiger charge is -2.39. The molecule has 2 aromatic carbocycles. The number of hydrogen-bond donors (Lipinski definition) is 1. The third-order valence-electron chi connectivity index (χ3n) is 8.02. The van der Waals surface area contributed by atoms with Crippen LogP contribution in [0, 0.1) is 22.9 Å². The van der Waals surface area contributed by atoms with Gasteiger partial charge in [-0.25, -0.2) is 17.6 Å². The van der Waals surface area contributed by atoms with Gasteiger partial charge in [-0.3, -0.25) is 9.78 Å². The van der Waals surface area contributed by atoms with Gasteiger partial charge in [-0.15, -0.1) is 0 Å². The number of carboxylic acids is 1. The Hall–Kier alpha value is -3.40. The molecule has 4 rings (SSSR count). The Kier molecular flexibility index (Phi) is 9.18. The molecular weight excluding hydrogens is 526 g/mol. The van der Waals surface area contributed by atoms with Crippen molar-refractivity contribution in [3.63, 3.8) is 0 Å². The Morgan fingerprint density at radius 2 is 1.82 bits per heavy atom. The molecule has 10 heteroatoms. The number of ether oxygens (including phenoxy) is 1. The van der Waals surface area contributed by atoms with Gasteiger partial charge in [-0.05, 0) is 94.1 Å². The Morgan fingerprint density at radius 1 is 1.15 bits per heavy atom. The lowest BCUT2D eigenvalue weighted by atomic mass is 9.74. The fraction of sp³-hybridized carbons (Fsp3) is 0.467. The summed E-state index contributed by atoms with van der Waals surface area (Å²) >= 11 is 0. The van der Waals surface area contributed by atoms with E-state index in [0.717, 1.165) is 12.1 Å². The Balaban J connectivity index is 1.40. The number of anilines is 1. The summed E-state index contributed by atoms with van der Waals surface area (Å²) in [4.78, 5) is 20.8. The Labute approximate surface area is 231 Å². The van der Waals surface area contributed by atoms with E-state index in [2.05, 4.69) is 9.88 Å². The standard InChI is InChI=1S/C30H35F4N3O3/c1-36(2)26-18-35-25-7-6-20(40-3)17-21(25)27(26)22(31)8-9-30(29(38)39)10-13-37(14-11-30)12-4-5-19-15-23(32)28(34)24(33)16-19/h6-7,15-18,22H,4-5,8-14H2,1-3H3,(H,38,39)/t22-/m1/s1. The van der Waals surface area contributed by atoms with Crippen LogP contribution in [0.5, 0.6) is 5.75 Å². The van der Waals surface area contributed by atoms with Crippen molar-refractivity contribution < 1.29 is 32.2 Å². The van der Waals surface area contributed by atoms with Gasteiger partial charge in [0.15, 0.2) is 17.5 Å². The fourth-order valence-corrected chi connectivity index (χ4v) is 5.58. The number of aromatic nitrogens is 1. The summed E-state index contributed by atoms with van der Waals surface area (Å²) in [5.74, 6) is -4.23. The van der Waals surface area contributed by atoms with Crippen molar-refractivity contribution in [2.24, 2.45) is 5.41 Å². The number of pyridine rings is 1. The number of carbonyl (C=O) groups is 1. The molecule has 1 saturated heterocycles. The van der Waals surface area contributed by atoms with E-state index >= 15 is 4.39 Å². The average molecular weight is 562 g/mol. The van der Waals surface area contributed by atoms with Crippen molar-refractivity contribution in [2.45, 2.75) is 44.7 Å². The second-order valence-corrected chi connectivity index (χ2v) is 10.7. The minimum atomic E-state index is -1.48. The highest BCUT2D eigenvalue weighted by Gasteiger charge is 2.42. The molecule has 1 fully saturated rings. The van der Waals surface area contributed by atoms with E-state index in [1.165, 1.54) is 0 Å². The van der Waals surface area contributed by atoms with Crippen molar-refractivity contribution in [3.05, 3.63) is 65.1 Å². The summed E-state index contributed by atoms with van der Waals surface area (Å²) in [7, 11) is 5.18. The molecular formula is C30H35F4N3O3. The molecule has 6 nitrogen and oxygen atoms in total. The van der Waals surface area contributed by atoms with Crippen LogP contribution in [0.15, 0.2) is 36.5 Å². The molecule has 0 amide bonds.